The molecule has 1 fully saturated rings. The minimum atomic E-state index is -0.276. The first-order valence-electron chi connectivity index (χ1n) is 12.4. The zero-order chi connectivity index (χ0) is 28.2. The van der Waals surface area contributed by atoms with Crippen molar-refractivity contribution in [3.63, 3.8) is 0 Å². The number of carbonyl (C=O) groups is 2. The quantitative estimate of drug-likeness (QED) is 0.561. The first kappa shape index (κ1) is 31.8. The second-order valence-corrected chi connectivity index (χ2v) is 10.2. The number of anilines is 2. The maximum atomic E-state index is 13.0. The predicted molar refractivity (Wildman–Crippen MR) is 150 cm³/mol. The van der Waals surface area contributed by atoms with Crippen LogP contribution in [0.3, 0.4) is 0 Å². The van der Waals surface area contributed by atoms with E-state index >= 15 is 0 Å². The van der Waals surface area contributed by atoms with Crippen LogP contribution in [0.4, 0.5) is 11.5 Å². The molecule has 0 saturated carbocycles. The third kappa shape index (κ3) is 11.1. The number of benzene rings is 1. The van der Waals surface area contributed by atoms with Crippen molar-refractivity contribution >= 4 is 34.8 Å². The van der Waals surface area contributed by atoms with Crippen LogP contribution in [-0.2, 0) is 4.79 Å². The third-order valence-electron chi connectivity index (χ3n) is 4.95. The van der Waals surface area contributed by atoms with Gasteiger partial charge in [-0.25, -0.2) is 4.98 Å². The fraction of sp³-hybridized carbons (Fsp3) is 0.519. The Bertz CT molecular complexity index is 1050. The number of hydrogen-bond acceptors (Lipinski definition) is 8. The summed E-state index contributed by atoms with van der Waals surface area (Å²) in [5.41, 5.74) is 4.36. The summed E-state index contributed by atoms with van der Waals surface area (Å²) in [7, 11) is 2.12. The summed E-state index contributed by atoms with van der Waals surface area (Å²) < 4.78 is 0. The molecule has 0 unspecified atom stereocenters. The monoisotopic (exact) mass is 529 g/mol. The van der Waals surface area contributed by atoms with Gasteiger partial charge in [-0.15, -0.1) is 0 Å². The molecule has 1 aliphatic rings. The first-order chi connectivity index (χ1) is 17.4. The number of carbonyl (C=O) groups excluding carboxylic acids is 2. The number of amides is 1. The van der Waals surface area contributed by atoms with Crippen LogP contribution in [0, 0.1) is 16.7 Å². The average Bonchev–Trinajstić information content (AvgIpc) is 2.84. The van der Waals surface area contributed by atoms with Gasteiger partial charge < -0.3 is 14.6 Å². The Morgan fingerprint density at radius 3 is 2.14 bits per heavy atom. The second kappa shape index (κ2) is 15.1. The largest absolute Gasteiger partial charge is 0.369 e. The van der Waals surface area contributed by atoms with E-state index in [1.165, 1.54) is 20.0 Å². The number of likely N-dealkylation sites (N-methyl/N-ethyl adjacent to an activating group) is 1. The lowest BCUT2D eigenvalue weighted by Crippen LogP contribution is -2.47. The summed E-state index contributed by atoms with van der Waals surface area (Å²) in [5, 5.41) is 11.0. The number of hydrogen-bond donors (Lipinski definition) is 1. The van der Waals surface area contributed by atoms with Crippen molar-refractivity contribution in [3.05, 3.63) is 46.9 Å². The van der Waals surface area contributed by atoms with Gasteiger partial charge in [0.25, 0.3) is 5.91 Å². The van der Waals surface area contributed by atoms with E-state index in [1.807, 2.05) is 65.0 Å². The maximum Gasteiger partial charge on any atom is 0.269 e. The Labute approximate surface area is 226 Å². The molecule has 0 bridgehead atoms. The molecule has 3 rings (SSSR count). The standard InChI is InChI=1S/C22H28ClN7O.C3H6O.C2H6/c1-22(2,3)15-30(20-18(23)14-25-19(13-24)26-20)27-21(31)16-5-7-17(8-6-16)29-11-9-28(4)10-12-29;1-3(2)4;1-2/h5-8,14H,9-12,15H2,1-4H3,(H,27,31);1-2H3;1-2H3. The summed E-state index contributed by atoms with van der Waals surface area (Å²) in [6.45, 7) is 17.6. The van der Waals surface area contributed by atoms with Gasteiger partial charge in [0.1, 0.15) is 16.9 Å². The van der Waals surface area contributed by atoms with Crippen molar-refractivity contribution in [1.29, 1.82) is 5.26 Å². The molecule has 0 atom stereocenters. The van der Waals surface area contributed by atoms with Crippen LogP contribution in [0.1, 0.15) is 64.6 Å². The molecule has 37 heavy (non-hydrogen) atoms. The number of ketones is 1. The molecule has 1 amide bonds. The van der Waals surface area contributed by atoms with E-state index in [9.17, 15) is 9.59 Å². The lowest BCUT2D eigenvalue weighted by molar-refractivity contribution is -0.115. The molecule has 9 nitrogen and oxygen atoms in total. The van der Waals surface area contributed by atoms with Crippen molar-refractivity contribution in [3.8, 4) is 6.07 Å². The van der Waals surface area contributed by atoms with Gasteiger partial charge in [-0.1, -0.05) is 46.2 Å². The van der Waals surface area contributed by atoms with Gasteiger partial charge >= 0.3 is 0 Å². The molecule has 0 aliphatic carbocycles. The van der Waals surface area contributed by atoms with Crippen LogP contribution < -0.4 is 15.3 Å². The van der Waals surface area contributed by atoms with Crippen molar-refractivity contribution in [2.24, 2.45) is 5.41 Å². The second-order valence-electron chi connectivity index (χ2n) is 9.81. The molecular formula is C27H40ClN7O2. The number of nitrogens with one attached hydrogen (secondary N) is 1. The number of nitriles is 1. The SMILES string of the molecule is CC.CC(C)=O.CN1CCN(c2ccc(C(=O)NN(CC(C)(C)C)c3nc(C#N)ncc3Cl)cc2)CC1. The summed E-state index contributed by atoms with van der Waals surface area (Å²) >= 11 is 6.29. The minimum absolute atomic E-state index is 0.0101. The molecule has 1 saturated heterocycles. The Kier molecular flexibility index (Phi) is 13.0. The summed E-state index contributed by atoms with van der Waals surface area (Å²) in [6, 6.07) is 9.49. The van der Waals surface area contributed by atoms with E-state index in [4.69, 9.17) is 16.9 Å². The number of halogens is 1. The van der Waals surface area contributed by atoms with Gasteiger partial charge in [-0.2, -0.15) is 10.2 Å². The summed E-state index contributed by atoms with van der Waals surface area (Å²) in [6.07, 6.45) is 1.37. The summed E-state index contributed by atoms with van der Waals surface area (Å²) in [4.78, 5) is 35.1. The highest BCUT2D eigenvalue weighted by atomic mass is 35.5. The number of nitrogens with zero attached hydrogens (tertiary/aromatic N) is 6. The van der Waals surface area contributed by atoms with Gasteiger partial charge in [0.15, 0.2) is 5.82 Å². The third-order valence-corrected chi connectivity index (χ3v) is 5.21. The zero-order valence-electron chi connectivity index (χ0n) is 23.3. The Morgan fingerprint density at radius 1 is 1.11 bits per heavy atom. The number of rotatable bonds is 5. The normalized spacial score (nSPS) is 13.2. The van der Waals surface area contributed by atoms with Gasteiger partial charge in [-0.3, -0.25) is 15.2 Å². The molecular weight excluding hydrogens is 490 g/mol. The van der Waals surface area contributed by atoms with Gasteiger partial charge in [0, 0.05) is 44.0 Å². The molecule has 2 aromatic rings. The molecule has 1 aromatic heterocycles. The van der Waals surface area contributed by atoms with E-state index in [1.54, 1.807) is 5.01 Å². The van der Waals surface area contributed by atoms with Gasteiger partial charge in [0.2, 0.25) is 5.82 Å². The molecule has 1 N–H and O–H groups in total. The average molecular weight is 530 g/mol. The van der Waals surface area contributed by atoms with Crippen molar-refractivity contribution in [2.75, 3.05) is 49.7 Å². The van der Waals surface area contributed by atoms with E-state index < -0.39 is 0 Å². The van der Waals surface area contributed by atoms with Crippen molar-refractivity contribution < 1.29 is 9.59 Å². The van der Waals surface area contributed by atoms with Crippen molar-refractivity contribution in [2.45, 2.75) is 48.5 Å². The number of aromatic nitrogens is 2. The molecule has 202 valence electrons. The molecule has 10 heteroatoms. The lowest BCUT2D eigenvalue weighted by atomic mass is 9.97. The van der Waals surface area contributed by atoms with Crippen LogP contribution in [-0.4, -0.2) is 66.3 Å². The molecule has 2 heterocycles. The maximum absolute atomic E-state index is 13.0. The Hall–Kier alpha value is -3.22. The summed E-state index contributed by atoms with van der Waals surface area (Å²) in [5.74, 6) is 0.178. The highest BCUT2D eigenvalue weighted by molar-refractivity contribution is 6.32. The minimum Gasteiger partial charge on any atom is -0.369 e. The molecule has 0 radical (unpaired) electrons. The highest BCUT2D eigenvalue weighted by Gasteiger charge is 2.23. The van der Waals surface area contributed by atoms with E-state index in [2.05, 4.69) is 32.2 Å². The number of hydrazine groups is 1. The van der Waals surface area contributed by atoms with Crippen LogP contribution >= 0.6 is 11.6 Å². The highest BCUT2D eigenvalue weighted by Crippen LogP contribution is 2.25. The van der Waals surface area contributed by atoms with Crippen LogP contribution in [0.5, 0.6) is 0 Å². The van der Waals surface area contributed by atoms with Crippen LogP contribution in [0.25, 0.3) is 0 Å². The van der Waals surface area contributed by atoms with E-state index in [0.29, 0.717) is 17.9 Å². The number of Topliss-reactive ketones (excluding diaryl/α,β-unsaturated/α-hetero) is 1. The van der Waals surface area contributed by atoms with Gasteiger partial charge in [0.05, 0.1) is 6.20 Å². The van der Waals surface area contributed by atoms with Crippen LogP contribution in [0.15, 0.2) is 30.5 Å². The van der Waals surface area contributed by atoms with Gasteiger partial charge in [-0.05, 0) is 50.6 Å². The topological polar surface area (TPSA) is 105 Å². The van der Waals surface area contributed by atoms with Crippen molar-refractivity contribution in [1.82, 2.24) is 20.3 Å². The number of piperazine rings is 1. The first-order valence-corrected chi connectivity index (χ1v) is 12.8. The molecule has 1 aliphatic heterocycles. The predicted octanol–water partition coefficient (Wildman–Crippen LogP) is 4.57. The van der Waals surface area contributed by atoms with E-state index in [-0.39, 0.29) is 28.0 Å². The fourth-order valence-corrected chi connectivity index (χ4v) is 3.51. The fourth-order valence-electron chi connectivity index (χ4n) is 3.32. The molecule has 1 aromatic carbocycles. The van der Waals surface area contributed by atoms with Crippen LogP contribution in [0.2, 0.25) is 5.02 Å². The lowest BCUT2D eigenvalue weighted by Gasteiger charge is -2.34. The van der Waals surface area contributed by atoms with E-state index in [0.717, 1.165) is 31.9 Å². The Balaban J connectivity index is 0.00000104. The smallest absolute Gasteiger partial charge is 0.269 e. The Morgan fingerprint density at radius 2 is 1.65 bits per heavy atom. The molecule has 0 spiro atoms. The zero-order valence-corrected chi connectivity index (χ0v) is 24.1.